The number of fused-ring (bicyclic) bond motifs is 1. The minimum Gasteiger partial charge on any atom is -0.382 e. The molecule has 0 unspecified atom stereocenters. The molecule has 2 N–H and O–H groups in total. The molecule has 0 saturated heterocycles. The highest BCUT2D eigenvalue weighted by atomic mass is 35.5. The van der Waals surface area contributed by atoms with Gasteiger partial charge in [-0.3, -0.25) is 19.1 Å². The van der Waals surface area contributed by atoms with Gasteiger partial charge < -0.3 is 10.4 Å². The summed E-state index contributed by atoms with van der Waals surface area (Å²) in [5.41, 5.74) is 3.95. The number of pyridine rings is 1. The lowest BCUT2D eigenvalue weighted by molar-refractivity contribution is 0.0687. The summed E-state index contributed by atoms with van der Waals surface area (Å²) >= 11 is 6.57. The molecule has 0 spiro atoms. The van der Waals surface area contributed by atoms with Crippen molar-refractivity contribution in [3.05, 3.63) is 106 Å². The molecule has 188 valence electrons. The summed E-state index contributed by atoms with van der Waals surface area (Å²) in [5.74, 6) is 0.347. The number of rotatable bonds is 7. The van der Waals surface area contributed by atoms with Crippen molar-refractivity contribution in [2.75, 3.05) is 5.32 Å². The molecule has 0 fully saturated rings. The van der Waals surface area contributed by atoms with Crippen LogP contribution in [0.15, 0.2) is 78.0 Å². The van der Waals surface area contributed by atoms with Gasteiger partial charge in [0.2, 0.25) is 0 Å². The van der Waals surface area contributed by atoms with E-state index in [1.165, 1.54) is 0 Å². The maximum absolute atomic E-state index is 13.0. The van der Waals surface area contributed by atoms with Gasteiger partial charge in [-0.15, -0.1) is 0 Å². The van der Waals surface area contributed by atoms with Crippen LogP contribution >= 0.6 is 11.6 Å². The van der Waals surface area contributed by atoms with Crippen molar-refractivity contribution >= 4 is 28.2 Å². The fourth-order valence-corrected chi connectivity index (χ4v) is 4.38. The summed E-state index contributed by atoms with van der Waals surface area (Å²) in [6.07, 6.45) is 5.13. The minimum absolute atomic E-state index is 0.0873. The van der Waals surface area contributed by atoms with Crippen molar-refractivity contribution in [2.24, 2.45) is 7.05 Å². The van der Waals surface area contributed by atoms with Crippen LogP contribution in [0.1, 0.15) is 30.9 Å². The van der Waals surface area contributed by atoms with E-state index in [-0.39, 0.29) is 5.56 Å². The van der Waals surface area contributed by atoms with Gasteiger partial charge in [-0.2, -0.15) is 0 Å². The van der Waals surface area contributed by atoms with Gasteiger partial charge in [-0.1, -0.05) is 23.7 Å². The van der Waals surface area contributed by atoms with E-state index >= 15 is 0 Å². The first-order valence-corrected chi connectivity index (χ1v) is 12.3. The second-order valence-corrected chi connectivity index (χ2v) is 9.86. The Labute approximate surface area is 219 Å². The number of hydrogen-bond donors (Lipinski definition) is 2. The SMILES string of the molecule is Cn1c(=O)c2ccc(-c3cnc(C(C)(C)O)nc3)cc2n1Cc1cc(NCc2ccccn2)ccc1Cl. The number of nitrogens with zero attached hydrogens (tertiary/aromatic N) is 5. The van der Waals surface area contributed by atoms with E-state index in [9.17, 15) is 9.90 Å². The molecule has 3 aromatic heterocycles. The van der Waals surface area contributed by atoms with Crippen LogP contribution in [0.25, 0.3) is 22.0 Å². The van der Waals surface area contributed by atoms with Crippen molar-refractivity contribution in [3.63, 3.8) is 0 Å². The largest absolute Gasteiger partial charge is 0.382 e. The molecule has 0 radical (unpaired) electrons. The molecule has 0 aliphatic rings. The van der Waals surface area contributed by atoms with Crippen molar-refractivity contribution in [1.29, 1.82) is 0 Å². The first-order chi connectivity index (χ1) is 17.7. The standard InChI is InChI=1S/C28H27ClN6O2/c1-28(2,37)27-32-14-20(15-33-27)18-7-9-23-25(13-18)35(34(3)26(23)36)17-19-12-21(8-10-24(19)29)31-16-22-6-4-5-11-30-22/h4-15,31,37H,16-17H2,1-3H3. The highest BCUT2D eigenvalue weighted by molar-refractivity contribution is 6.31. The molecular formula is C28H27ClN6O2. The Morgan fingerprint density at radius 3 is 2.49 bits per heavy atom. The molecule has 2 aromatic carbocycles. The van der Waals surface area contributed by atoms with E-state index in [0.717, 1.165) is 33.6 Å². The first kappa shape index (κ1) is 24.7. The predicted molar refractivity (Wildman–Crippen MR) is 146 cm³/mol. The normalized spacial score (nSPS) is 11.7. The first-order valence-electron chi connectivity index (χ1n) is 11.9. The van der Waals surface area contributed by atoms with Crippen molar-refractivity contribution in [1.82, 2.24) is 24.3 Å². The molecule has 9 heteroatoms. The van der Waals surface area contributed by atoms with Gasteiger partial charge in [0, 0.05) is 41.9 Å². The Balaban J connectivity index is 1.47. The number of aliphatic hydroxyl groups is 1. The molecule has 5 rings (SSSR count). The number of hydrogen-bond acceptors (Lipinski definition) is 6. The molecule has 0 aliphatic carbocycles. The third-order valence-corrected chi connectivity index (χ3v) is 6.63. The van der Waals surface area contributed by atoms with Crippen molar-refractivity contribution in [3.8, 4) is 11.1 Å². The van der Waals surface area contributed by atoms with Gasteiger partial charge in [0.25, 0.3) is 5.56 Å². The Morgan fingerprint density at radius 2 is 1.78 bits per heavy atom. The lowest BCUT2D eigenvalue weighted by atomic mass is 10.1. The zero-order valence-corrected chi connectivity index (χ0v) is 21.6. The highest BCUT2D eigenvalue weighted by Crippen LogP contribution is 2.27. The van der Waals surface area contributed by atoms with Crippen LogP contribution in [0.3, 0.4) is 0 Å². The molecule has 3 heterocycles. The molecule has 0 amide bonds. The Morgan fingerprint density at radius 1 is 1.00 bits per heavy atom. The monoisotopic (exact) mass is 514 g/mol. The number of halogens is 1. The van der Waals surface area contributed by atoms with Crippen molar-refractivity contribution in [2.45, 2.75) is 32.5 Å². The second-order valence-electron chi connectivity index (χ2n) is 9.45. The van der Waals surface area contributed by atoms with Gasteiger partial charge in [0.1, 0.15) is 5.60 Å². The Kier molecular flexibility index (Phi) is 6.54. The molecular weight excluding hydrogens is 488 g/mol. The van der Waals surface area contributed by atoms with Gasteiger partial charge >= 0.3 is 0 Å². The van der Waals surface area contributed by atoms with Crippen LogP contribution in [-0.2, 0) is 25.7 Å². The topological polar surface area (TPSA) is 97.9 Å². The van der Waals surface area contributed by atoms with Crippen LogP contribution in [0.4, 0.5) is 5.69 Å². The van der Waals surface area contributed by atoms with E-state index < -0.39 is 5.60 Å². The third-order valence-electron chi connectivity index (χ3n) is 6.26. The van der Waals surface area contributed by atoms with E-state index in [4.69, 9.17) is 11.6 Å². The third kappa shape index (κ3) is 5.12. The number of nitrogens with one attached hydrogen (secondary N) is 1. The number of benzene rings is 2. The van der Waals surface area contributed by atoms with Crippen LogP contribution in [-0.4, -0.2) is 29.4 Å². The second kappa shape index (κ2) is 9.80. The highest BCUT2D eigenvalue weighted by Gasteiger charge is 2.20. The lowest BCUT2D eigenvalue weighted by Gasteiger charge is -2.15. The summed E-state index contributed by atoms with van der Waals surface area (Å²) in [6, 6.07) is 17.2. The molecule has 0 atom stereocenters. The zero-order chi connectivity index (χ0) is 26.2. The molecule has 0 aliphatic heterocycles. The van der Waals surface area contributed by atoms with Crippen LogP contribution < -0.4 is 10.9 Å². The van der Waals surface area contributed by atoms with E-state index in [2.05, 4.69) is 20.3 Å². The van der Waals surface area contributed by atoms with Gasteiger partial charge in [0.15, 0.2) is 5.82 Å². The van der Waals surface area contributed by atoms with Gasteiger partial charge in [-0.05, 0) is 67.4 Å². The average Bonchev–Trinajstić information content (AvgIpc) is 3.13. The smallest absolute Gasteiger partial charge is 0.274 e. The quantitative estimate of drug-likeness (QED) is 0.326. The summed E-state index contributed by atoms with van der Waals surface area (Å²) < 4.78 is 3.52. The molecule has 0 bridgehead atoms. The minimum atomic E-state index is -1.12. The maximum Gasteiger partial charge on any atom is 0.274 e. The Hall–Kier alpha value is -4.01. The maximum atomic E-state index is 13.0. The summed E-state index contributed by atoms with van der Waals surface area (Å²) in [5, 5.41) is 14.8. The van der Waals surface area contributed by atoms with Crippen LogP contribution in [0.5, 0.6) is 0 Å². The molecule has 8 nitrogen and oxygen atoms in total. The molecule has 5 aromatic rings. The number of aromatic nitrogens is 5. The average molecular weight is 515 g/mol. The fraction of sp³-hybridized carbons (Fsp3) is 0.214. The fourth-order valence-electron chi connectivity index (χ4n) is 4.20. The summed E-state index contributed by atoms with van der Waals surface area (Å²) in [6.45, 7) is 4.28. The lowest BCUT2D eigenvalue weighted by Crippen LogP contribution is -2.19. The molecule has 37 heavy (non-hydrogen) atoms. The molecule has 0 saturated carbocycles. The van der Waals surface area contributed by atoms with Gasteiger partial charge in [0.05, 0.1) is 29.7 Å². The van der Waals surface area contributed by atoms with Crippen molar-refractivity contribution < 1.29 is 5.11 Å². The Bertz CT molecular complexity index is 1620. The van der Waals surface area contributed by atoms with E-state index in [1.54, 1.807) is 44.2 Å². The van der Waals surface area contributed by atoms with Crippen LogP contribution in [0.2, 0.25) is 5.02 Å². The number of anilines is 1. The van der Waals surface area contributed by atoms with E-state index in [0.29, 0.717) is 29.3 Å². The van der Waals surface area contributed by atoms with Gasteiger partial charge in [-0.25, -0.2) is 9.97 Å². The zero-order valence-electron chi connectivity index (χ0n) is 20.8. The predicted octanol–water partition coefficient (Wildman–Crippen LogP) is 4.73. The summed E-state index contributed by atoms with van der Waals surface area (Å²) in [7, 11) is 1.75. The summed E-state index contributed by atoms with van der Waals surface area (Å²) in [4.78, 5) is 26.0. The van der Waals surface area contributed by atoms with Crippen LogP contribution in [0, 0.1) is 0 Å². The van der Waals surface area contributed by atoms with E-state index in [1.807, 2.05) is 59.3 Å².